The molecule has 2 aliphatic rings. The molecule has 0 spiro atoms. The quantitative estimate of drug-likeness (QED) is 0.837. The van der Waals surface area contributed by atoms with Gasteiger partial charge in [-0.25, -0.2) is 0 Å². The van der Waals surface area contributed by atoms with Crippen LogP contribution in [-0.2, 0) is 9.59 Å². The Bertz CT molecular complexity index is 554. The zero-order valence-electron chi connectivity index (χ0n) is 12.2. The van der Waals surface area contributed by atoms with Gasteiger partial charge >= 0.3 is 0 Å². The molecule has 1 atom stereocenters. The third-order valence-electron chi connectivity index (χ3n) is 4.16. The summed E-state index contributed by atoms with van der Waals surface area (Å²) in [5, 5.41) is 2.90. The van der Waals surface area contributed by atoms with Crippen molar-refractivity contribution in [3.05, 3.63) is 24.3 Å². The fourth-order valence-electron chi connectivity index (χ4n) is 2.71. The van der Waals surface area contributed by atoms with E-state index in [4.69, 9.17) is 4.74 Å². The second-order valence-corrected chi connectivity index (χ2v) is 5.69. The van der Waals surface area contributed by atoms with Gasteiger partial charge < -0.3 is 15.0 Å². The van der Waals surface area contributed by atoms with Crippen molar-refractivity contribution in [3.63, 3.8) is 0 Å². The van der Waals surface area contributed by atoms with E-state index in [2.05, 4.69) is 5.32 Å². The van der Waals surface area contributed by atoms with E-state index in [1.807, 2.05) is 24.3 Å². The second kappa shape index (κ2) is 5.76. The van der Waals surface area contributed by atoms with E-state index >= 15 is 0 Å². The summed E-state index contributed by atoms with van der Waals surface area (Å²) >= 11 is 0. The summed E-state index contributed by atoms with van der Waals surface area (Å²) in [5.41, 5.74) is 0.738. The van der Waals surface area contributed by atoms with Crippen molar-refractivity contribution in [2.75, 3.05) is 25.1 Å². The minimum Gasteiger partial charge on any atom is -0.495 e. The topological polar surface area (TPSA) is 58.6 Å². The number of carbonyl (C=O) groups excluding carboxylic acids is 2. The molecule has 3 rings (SSSR count). The summed E-state index contributed by atoms with van der Waals surface area (Å²) in [7, 11) is 1.58. The molecule has 1 saturated heterocycles. The molecule has 0 aromatic heterocycles. The molecule has 1 saturated carbocycles. The Balaban J connectivity index is 1.69. The van der Waals surface area contributed by atoms with E-state index < -0.39 is 5.92 Å². The number of rotatable bonds is 5. The van der Waals surface area contributed by atoms with Crippen LogP contribution in [0.4, 0.5) is 5.69 Å². The summed E-state index contributed by atoms with van der Waals surface area (Å²) < 4.78 is 5.29. The van der Waals surface area contributed by atoms with Crippen LogP contribution in [-0.4, -0.2) is 32.0 Å². The lowest BCUT2D eigenvalue weighted by molar-refractivity contribution is -0.132. The average Bonchev–Trinajstić information content (AvgIpc) is 3.26. The van der Waals surface area contributed by atoms with Crippen LogP contribution in [0.3, 0.4) is 0 Å². The van der Waals surface area contributed by atoms with Gasteiger partial charge in [0.25, 0.3) is 0 Å². The molecule has 1 aromatic carbocycles. The molecular weight excluding hydrogens is 268 g/mol. The monoisotopic (exact) mass is 288 g/mol. The van der Waals surface area contributed by atoms with Crippen LogP contribution >= 0.6 is 0 Å². The molecule has 1 heterocycles. The summed E-state index contributed by atoms with van der Waals surface area (Å²) in [6, 6.07) is 7.40. The number of anilines is 1. The standard InChI is InChI=1S/C16H20N2O3/c1-21-14-5-3-2-4-13(14)18-9-8-12(16(18)20)15(19)17-10-11-6-7-11/h2-5,11-12H,6-10H2,1H3,(H,17,19). The number of amides is 2. The van der Waals surface area contributed by atoms with Gasteiger partial charge in [-0.2, -0.15) is 0 Å². The zero-order chi connectivity index (χ0) is 14.8. The summed E-state index contributed by atoms with van der Waals surface area (Å²) in [5.74, 6) is 0.450. The molecule has 5 nitrogen and oxygen atoms in total. The molecule has 1 unspecified atom stereocenters. The maximum Gasteiger partial charge on any atom is 0.239 e. The number of nitrogens with one attached hydrogen (secondary N) is 1. The first-order chi connectivity index (χ1) is 10.2. The lowest BCUT2D eigenvalue weighted by atomic mass is 10.1. The van der Waals surface area contributed by atoms with Crippen molar-refractivity contribution in [1.82, 2.24) is 5.32 Å². The lowest BCUT2D eigenvalue weighted by Crippen LogP contribution is -2.37. The third kappa shape index (κ3) is 2.86. The van der Waals surface area contributed by atoms with Gasteiger partial charge in [0, 0.05) is 13.1 Å². The highest BCUT2D eigenvalue weighted by Gasteiger charge is 2.38. The van der Waals surface area contributed by atoms with Gasteiger partial charge in [0.2, 0.25) is 11.8 Å². The Morgan fingerprint density at radius 2 is 2.10 bits per heavy atom. The summed E-state index contributed by atoms with van der Waals surface area (Å²) in [6.07, 6.45) is 2.94. The fraction of sp³-hybridized carbons (Fsp3) is 0.500. The molecule has 0 bridgehead atoms. The van der Waals surface area contributed by atoms with Crippen LogP contribution in [0.5, 0.6) is 5.75 Å². The van der Waals surface area contributed by atoms with Crippen molar-refractivity contribution < 1.29 is 14.3 Å². The first-order valence-electron chi connectivity index (χ1n) is 7.43. The number of ether oxygens (including phenoxy) is 1. The Labute approximate surface area is 124 Å². The van der Waals surface area contributed by atoms with E-state index in [-0.39, 0.29) is 11.8 Å². The Morgan fingerprint density at radius 1 is 1.33 bits per heavy atom. The Hall–Kier alpha value is -2.04. The van der Waals surface area contributed by atoms with Crippen LogP contribution in [0, 0.1) is 11.8 Å². The number of hydrogen-bond donors (Lipinski definition) is 1. The van der Waals surface area contributed by atoms with Crippen LogP contribution in [0.2, 0.25) is 0 Å². The van der Waals surface area contributed by atoms with Crippen molar-refractivity contribution in [2.24, 2.45) is 11.8 Å². The predicted octanol–water partition coefficient (Wildman–Crippen LogP) is 1.57. The highest BCUT2D eigenvalue weighted by molar-refractivity contribution is 6.10. The lowest BCUT2D eigenvalue weighted by Gasteiger charge is -2.19. The third-order valence-corrected chi connectivity index (χ3v) is 4.16. The van der Waals surface area contributed by atoms with Crippen molar-refractivity contribution >= 4 is 17.5 Å². The molecule has 2 amide bonds. The van der Waals surface area contributed by atoms with E-state index in [0.29, 0.717) is 31.2 Å². The van der Waals surface area contributed by atoms with Gasteiger partial charge in [-0.3, -0.25) is 9.59 Å². The maximum atomic E-state index is 12.5. The first-order valence-corrected chi connectivity index (χ1v) is 7.43. The van der Waals surface area contributed by atoms with Crippen LogP contribution in [0.25, 0.3) is 0 Å². The molecule has 1 aliphatic carbocycles. The molecule has 1 aromatic rings. The highest BCUT2D eigenvalue weighted by Crippen LogP contribution is 2.33. The Morgan fingerprint density at radius 3 is 2.81 bits per heavy atom. The number of nitrogens with zero attached hydrogens (tertiary/aromatic N) is 1. The molecule has 0 radical (unpaired) electrons. The first kappa shape index (κ1) is 13.9. The van der Waals surface area contributed by atoms with Crippen LogP contribution in [0.15, 0.2) is 24.3 Å². The predicted molar refractivity (Wildman–Crippen MR) is 79.2 cm³/mol. The number of benzene rings is 1. The SMILES string of the molecule is COc1ccccc1N1CCC(C(=O)NCC2CC2)C1=O. The van der Waals surface area contributed by atoms with Crippen LogP contribution in [0.1, 0.15) is 19.3 Å². The van der Waals surface area contributed by atoms with E-state index in [9.17, 15) is 9.59 Å². The smallest absolute Gasteiger partial charge is 0.239 e. The number of methoxy groups -OCH3 is 1. The molecule has 21 heavy (non-hydrogen) atoms. The fourth-order valence-corrected chi connectivity index (χ4v) is 2.71. The zero-order valence-corrected chi connectivity index (χ0v) is 12.2. The number of para-hydroxylation sites is 2. The van der Waals surface area contributed by atoms with Gasteiger partial charge in [-0.15, -0.1) is 0 Å². The average molecular weight is 288 g/mol. The Kier molecular flexibility index (Phi) is 3.82. The van der Waals surface area contributed by atoms with Gasteiger partial charge in [0.05, 0.1) is 12.8 Å². The molecular formula is C16H20N2O3. The van der Waals surface area contributed by atoms with E-state index in [1.165, 1.54) is 12.8 Å². The molecule has 1 aliphatic heterocycles. The van der Waals surface area contributed by atoms with E-state index in [1.54, 1.807) is 12.0 Å². The number of hydrogen-bond acceptors (Lipinski definition) is 3. The summed E-state index contributed by atoms with van der Waals surface area (Å²) in [4.78, 5) is 26.3. The molecule has 112 valence electrons. The maximum absolute atomic E-state index is 12.5. The van der Waals surface area contributed by atoms with Gasteiger partial charge in [-0.1, -0.05) is 12.1 Å². The van der Waals surface area contributed by atoms with Gasteiger partial charge in [-0.05, 0) is 37.3 Å². The summed E-state index contributed by atoms with van der Waals surface area (Å²) in [6.45, 7) is 1.26. The second-order valence-electron chi connectivity index (χ2n) is 5.69. The minimum atomic E-state index is -0.561. The van der Waals surface area contributed by atoms with Crippen LogP contribution < -0.4 is 15.0 Å². The molecule has 1 N–H and O–H groups in total. The minimum absolute atomic E-state index is 0.132. The van der Waals surface area contributed by atoms with Gasteiger partial charge in [0.1, 0.15) is 11.7 Å². The van der Waals surface area contributed by atoms with Crippen molar-refractivity contribution in [2.45, 2.75) is 19.3 Å². The number of carbonyl (C=O) groups is 2. The normalized spacial score (nSPS) is 21.5. The molecule has 5 heteroatoms. The largest absolute Gasteiger partial charge is 0.495 e. The molecule has 2 fully saturated rings. The van der Waals surface area contributed by atoms with E-state index in [0.717, 1.165) is 5.69 Å². The van der Waals surface area contributed by atoms with Crippen molar-refractivity contribution in [1.29, 1.82) is 0 Å². The highest BCUT2D eigenvalue weighted by atomic mass is 16.5. The van der Waals surface area contributed by atoms with Crippen molar-refractivity contribution in [3.8, 4) is 5.75 Å². The van der Waals surface area contributed by atoms with Gasteiger partial charge in [0.15, 0.2) is 0 Å².